The van der Waals surface area contributed by atoms with E-state index in [0.29, 0.717) is 18.2 Å². The third-order valence-electron chi connectivity index (χ3n) is 5.78. The van der Waals surface area contributed by atoms with Gasteiger partial charge in [-0.3, -0.25) is 4.79 Å². The van der Waals surface area contributed by atoms with Crippen LogP contribution >= 0.6 is 0 Å². The number of likely N-dealkylation sites (tertiary alicyclic amines) is 1. The van der Waals surface area contributed by atoms with Crippen molar-refractivity contribution in [2.45, 2.75) is 57.7 Å². The lowest BCUT2D eigenvalue weighted by Crippen LogP contribution is -2.33. The number of hydrogen-bond donors (Lipinski definition) is 1. The Morgan fingerprint density at radius 1 is 1.38 bits per heavy atom. The Morgan fingerprint density at radius 2 is 2.19 bits per heavy atom. The zero-order valence-electron chi connectivity index (χ0n) is 15.4. The van der Waals surface area contributed by atoms with Crippen molar-refractivity contribution in [3.8, 4) is 0 Å². The first kappa shape index (κ1) is 17.2. The van der Waals surface area contributed by atoms with Crippen LogP contribution < -0.4 is 0 Å². The van der Waals surface area contributed by atoms with Crippen molar-refractivity contribution < 1.29 is 9.53 Å². The van der Waals surface area contributed by atoms with Crippen LogP contribution in [0.15, 0.2) is 12.4 Å². The van der Waals surface area contributed by atoms with E-state index in [1.807, 2.05) is 16.5 Å². The summed E-state index contributed by atoms with van der Waals surface area (Å²) in [6.07, 6.45) is 9.29. The Balaban J connectivity index is 1.55. The SMILES string of the molecule is CO[C@@H]1CC(c2ncc[nH]2)N(C(=O)c2nnn(CC3CCCC3)c2C)C1. The molecule has 0 spiro atoms. The van der Waals surface area contributed by atoms with Crippen molar-refractivity contribution in [2.75, 3.05) is 13.7 Å². The van der Waals surface area contributed by atoms with Crippen LogP contribution in [0.3, 0.4) is 0 Å². The number of ether oxygens (including phenoxy) is 1. The van der Waals surface area contributed by atoms with Crippen molar-refractivity contribution in [3.05, 3.63) is 29.6 Å². The fraction of sp³-hybridized carbons (Fsp3) is 0.667. The monoisotopic (exact) mass is 358 g/mol. The Bertz CT molecular complexity index is 750. The molecule has 0 radical (unpaired) electrons. The Morgan fingerprint density at radius 3 is 2.88 bits per heavy atom. The lowest BCUT2D eigenvalue weighted by atomic mass is 10.1. The summed E-state index contributed by atoms with van der Waals surface area (Å²) in [5.41, 5.74) is 1.29. The molecule has 1 saturated heterocycles. The molecule has 2 fully saturated rings. The highest BCUT2D eigenvalue weighted by Crippen LogP contribution is 2.33. The Hall–Kier alpha value is -2.22. The molecule has 0 aromatic carbocycles. The fourth-order valence-electron chi connectivity index (χ4n) is 4.22. The molecule has 26 heavy (non-hydrogen) atoms. The third-order valence-corrected chi connectivity index (χ3v) is 5.78. The number of aromatic nitrogens is 5. The molecule has 0 bridgehead atoms. The predicted molar refractivity (Wildman–Crippen MR) is 94.5 cm³/mol. The fourth-order valence-corrected chi connectivity index (χ4v) is 4.22. The summed E-state index contributed by atoms with van der Waals surface area (Å²) < 4.78 is 7.40. The highest BCUT2D eigenvalue weighted by molar-refractivity contribution is 5.93. The average molecular weight is 358 g/mol. The van der Waals surface area contributed by atoms with Crippen LogP contribution in [0, 0.1) is 12.8 Å². The van der Waals surface area contributed by atoms with E-state index in [1.54, 1.807) is 19.5 Å². The van der Waals surface area contributed by atoms with Crippen LogP contribution in [0.25, 0.3) is 0 Å². The number of methoxy groups -OCH3 is 1. The molecule has 4 rings (SSSR count). The second-order valence-electron chi connectivity index (χ2n) is 7.40. The van der Waals surface area contributed by atoms with Gasteiger partial charge in [-0.25, -0.2) is 9.67 Å². The van der Waals surface area contributed by atoms with Gasteiger partial charge in [0.2, 0.25) is 0 Å². The average Bonchev–Trinajstić information content (AvgIpc) is 3.43. The van der Waals surface area contributed by atoms with Crippen LogP contribution in [-0.4, -0.2) is 55.5 Å². The minimum Gasteiger partial charge on any atom is -0.380 e. The molecular formula is C18H26N6O2. The van der Waals surface area contributed by atoms with Gasteiger partial charge >= 0.3 is 0 Å². The number of carbonyl (C=O) groups is 1. The summed E-state index contributed by atoms with van der Waals surface area (Å²) in [6, 6.07) is -0.123. The highest BCUT2D eigenvalue weighted by Gasteiger charge is 2.39. The molecule has 8 nitrogen and oxygen atoms in total. The van der Waals surface area contributed by atoms with Crippen molar-refractivity contribution in [2.24, 2.45) is 5.92 Å². The van der Waals surface area contributed by atoms with Gasteiger partial charge in [0.15, 0.2) is 5.69 Å². The van der Waals surface area contributed by atoms with Gasteiger partial charge in [0.05, 0.1) is 17.8 Å². The molecule has 2 aromatic rings. The van der Waals surface area contributed by atoms with Gasteiger partial charge in [0, 0.05) is 39.0 Å². The van der Waals surface area contributed by atoms with Crippen LogP contribution in [0.1, 0.15) is 60.2 Å². The molecule has 1 amide bonds. The number of nitrogens with zero attached hydrogens (tertiary/aromatic N) is 5. The van der Waals surface area contributed by atoms with Crippen LogP contribution in [0.4, 0.5) is 0 Å². The lowest BCUT2D eigenvalue weighted by molar-refractivity contribution is 0.0678. The van der Waals surface area contributed by atoms with E-state index in [2.05, 4.69) is 20.3 Å². The second-order valence-corrected chi connectivity index (χ2v) is 7.40. The first-order valence-electron chi connectivity index (χ1n) is 9.40. The standard InChI is InChI=1S/C18H26N6O2/c1-12-16(21-22-24(12)10-13-5-3-4-6-13)18(25)23-11-14(26-2)9-15(23)17-19-7-8-20-17/h7-8,13-15H,3-6,9-11H2,1-2H3,(H,19,20)/t14-,15?/m1/s1. The molecular weight excluding hydrogens is 332 g/mol. The van der Waals surface area contributed by atoms with Gasteiger partial charge in [0.1, 0.15) is 5.82 Å². The van der Waals surface area contributed by atoms with Crippen molar-refractivity contribution in [3.63, 3.8) is 0 Å². The summed E-state index contributed by atoms with van der Waals surface area (Å²) in [4.78, 5) is 22.5. The largest absolute Gasteiger partial charge is 0.380 e. The Labute approximate surface area is 152 Å². The van der Waals surface area contributed by atoms with Gasteiger partial charge in [-0.1, -0.05) is 18.1 Å². The molecule has 1 saturated carbocycles. The summed E-state index contributed by atoms with van der Waals surface area (Å²) in [6.45, 7) is 3.33. The smallest absolute Gasteiger partial charge is 0.277 e. The molecule has 140 valence electrons. The van der Waals surface area contributed by atoms with Gasteiger partial charge in [-0.15, -0.1) is 5.10 Å². The van der Waals surface area contributed by atoms with Crippen LogP contribution in [0.2, 0.25) is 0 Å². The van der Waals surface area contributed by atoms with Crippen LogP contribution in [0.5, 0.6) is 0 Å². The minimum absolute atomic E-state index is 0.00268. The molecule has 1 aliphatic carbocycles. The quantitative estimate of drug-likeness (QED) is 0.884. The van der Waals surface area contributed by atoms with Crippen LogP contribution in [-0.2, 0) is 11.3 Å². The maximum Gasteiger partial charge on any atom is 0.277 e. The van der Waals surface area contributed by atoms with Crippen molar-refractivity contribution >= 4 is 5.91 Å². The van der Waals surface area contributed by atoms with E-state index in [4.69, 9.17) is 4.74 Å². The number of H-pyrrole nitrogens is 1. The molecule has 2 aromatic heterocycles. The van der Waals surface area contributed by atoms with Gasteiger partial charge in [-0.05, 0) is 25.7 Å². The van der Waals surface area contributed by atoms with E-state index in [-0.39, 0.29) is 18.1 Å². The van der Waals surface area contributed by atoms with E-state index < -0.39 is 0 Å². The highest BCUT2D eigenvalue weighted by atomic mass is 16.5. The molecule has 1 N–H and O–H groups in total. The maximum absolute atomic E-state index is 13.2. The number of amides is 1. The molecule has 3 heterocycles. The summed E-state index contributed by atoms with van der Waals surface area (Å²) in [5, 5.41) is 8.48. The van der Waals surface area contributed by atoms with E-state index in [9.17, 15) is 4.79 Å². The zero-order chi connectivity index (χ0) is 18.1. The topological polar surface area (TPSA) is 88.9 Å². The van der Waals surface area contributed by atoms with Crippen molar-refractivity contribution in [1.29, 1.82) is 0 Å². The van der Waals surface area contributed by atoms with E-state index in [1.165, 1.54) is 25.7 Å². The summed E-state index contributed by atoms with van der Waals surface area (Å²) in [7, 11) is 1.68. The first-order chi connectivity index (χ1) is 12.7. The predicted octanol–water partition coefficient (Wildman–Crippen LogP) is 2.10. The Kier molecular flexibility index (Phi) is 4.76. The number of nitrogens with one attached hydrogen (secondary N) is 1. The number of imidazole rings is 1. The van der Waals surface area contributed by atoms with Gasteiger partial charge in [0.25, 0.3) is 5.91 Å². The summed E-state index contributed by atoms with van der Waals surface area (Å²) >= 11 is 0. The number of aromatic amines is 1. The molecule has 1 unspecified atom stereocenters. The molecule has 1 aliphatic heterocycles. The number of hydrogen-bond acceptors (Lipinski definition) is 5. The number of rotatable bonds is 5. The van der Waals surface area contributed by atoms with Gasteiger partial charge < -0.3 is 14.6 Å². The summed E-state index contributed by atoms with van der Waals surface area (Å²) in [5.74, 6) is 1.34. The number of carbonyl (C=O) groups excluding carboxylic acids is 1. The van der Waals surface area contributed by atoms with E-state index in [0.717, 1.165) is 24.5 Å². The third kappa shape index (κ3) is 3.13. The lowest BCUT2D eigenvalue weighted by Gasteiger charge is -2.22. The first-order valence-corrected chi connectivity index (χ1v) is 9.40. The second kappa shape index (κ2) is 7.19. The van der Waals surface area contributed by atoms with Gasteiger partial charge in [-0.2, -0.15) is 0 Å². The molecule has 2 aliphatic rings. The van der Waals surface area contributed by atoms with E-state index >= 15 is 0 Å². The minimum atomic E-state index is -0.123. The maximum atomic E-state index is 13.2. The van der Waals surface area contributed by atoms with Crippen molar-refractivity contribution in [1.82, 2.24) is 29.9 Å². The zero-order valence-corrected chi connectivity index (χ0v) is 15.4. The molecule has 8 heteroatoms. The normalized spacial score (nSPS) is 23.8. The molecule has 2 atom stereocenters.